The summed E-state index contributed by atoms with van der Waals surface area (Å²) in [5.41, 5.74) is 0. The van der Waals surface area contributed by atoms with E-state index in [9.17, 15) is 4.79 Å². The zero-order valence-electron chi connectivity index (χ0n) is 9.20. The number of rotatable bonds is 5. The topological polar surface area (TPSA) is 38.3 Å². The number of methoxy groups -OCH3 is 1. The number of carbonyl (C=O) groups excluding carboxylic acids is 1. The first kappa shape index (κ1) is 13.2. The molecule has 0 bridgehead atoms. The van der Waals surface area contributed by atoms with Crippen LogP contribution >= 0.6 is 22.9 Å². The lowest BCUT2D eigenvalue weighted by Gasteiger charge is -2.10. The van der Waals surface area contributed by atoms with Gasteiger partial charge in [-0.1, -0.05) is 11.6 Å². The van der Waals surface area contributed by atoms with Crippen LogP contribution in [0.2, 0.25) is 4.34 Å². The molecule has 0 spiro atoms. The average Bonchev–Trinajstić information content (AvgIpc) is 2.61. The van der Waals surface area contributed by atoms with Gasteiger partial charge in [0.1, 0.15) is 0 Å². The number of thiophene rings is 1. The van der Waals surface area contributed by atoms with E-state index in [-0.39, 0.29) is 11.9 Å². The molecule has 0 radical (unpaired) electrons. The SMILES string of the molecule is COCC(C)NC(=O)/C=C/c1ccc(Cl)s1. The summed E-state index contributed by atoms with van der Waals surface area (Å²) in [6.07, 6.45) is 3.24. The second-order valence-electron chi connectivity index (χ2n) is 3.34. The van der Waals surface area contributed by atoms with Crippen molar-refractivity contribution in [1.82, 2.24) is 5.32 Å². The van der Waals surface area contributed by atoms with Crippen molar-refractivity contribution in [1.29, 1.82) is 0 Å². The van der Waals surface area contributed by atoms with Crippen LogP contribution in [-0.2, 0) is 9.53 Å². The normalized spacial score (nSPS) is 12.9. The molecule has 1 aromatic rings. The second kappa shape index (κ2) is 6.68. The third-order valence-electron chi connectivity index (χ3n) is 1.80. The van der Waals surface area contributed by atoms with Crippen molar-refractivity contribution in [3.63, 3.8) is 0 Å². The molecule has 0 saturated heterocycles. The Morgan fingerprint density at radius 3 is 3.00 bits per heavy atom. The molecule has 0 aromatic carbocycles. The Bertz CT molecular complexity index is 376. The van der Waals surface area contributed by atoms with Crippen LogP contribution in [0.3, 0.4) is 0 Å². The fraction of sp³-hybridized carbons (Fsp3) is 0.364. The molecule has 88 valence electrons. The fourth-order valence-electron chi connectivity index (χ4n) is 1.16. The monoisotopic (exact) mass is 259 g/mol. The smallest absolute Gasteiger partial charge is 0.244 e. The lowest BCUT2D eigenvalue weighted by molar-refractivity contribution is -0.117. The van der Waals surface area contributed by atoms with Gasteiger partial charge in [0.25, 0.3) is 0 Å². The fourth-order valence-corrected chi connectivity index (χ4v) is 2.12. The van der Waals surface area contributed by atoms with E-state index < -0.39 is 0 Å². The van der Waals surface area contributed by atoms with Crippen LogP contribution in [0.5, 0.6) is 0 Å². The van der Waals surface area contributed by atoms with Crippen LogP contribution in [0.1, 0.15) is 11.8 Å². The number of hydrogen-bond acceptors (Lipinski definition) is 3. The highest BCUT2D eigenvalue weighted by Gasteiger charge is 2.03. The van der Waals surface area contributed by atoms with Crippen LogP contribution < -0.4 is 5.32 Å². The molecular formula is C11H14ClNO2S. The highest BCUT2D eigenvalue weighted by molar-refractivity contribution is 7.17. The molecular weight excluding hydrogens is 246 g/mol. The molecule has 1 amide bonds. The van der Waals surface area contributed by atoms with Crippen molar-refractivity contribution in [2.45, 2.75) is 13.0 Å². The van der Waals surface area contributed by atoms with Gasteiger partial charge in [0.05, 0.1) is 10.9 Å². The Morgan fingerprint density at radius 1 is 1.69 bits per heavy atom. The summed E-state index contributed by atoms with van der Waals surface area (Å²) in [6, 6.07) is 3.68. The van der Waals surface area contributed by atoms with Gasteiger partial charge in [-0.15, -0.1) is 11.3 Å². The summed E-state index contributed by atoms with van der Waals surface area (Å²) in [7, 11) is 1.60. The minimum absolute atomic E-state index is 0.00840. The van der Waals surface area contributed by atoms with Crippen molar-refractivity contribution in [3.05, 3.63) is 27.4 Å². The average molecular weight is 260 g/mol. The van der Waals surface area contributed by atoms with Crippen LogP contribution in [0.25, 0.3) is 6.08 Å². The van der Waals surface area contributed by atoms with Gasteiger partial charge in [-0.2, -0.15) is 0 Å². The molecule has 1 atom stereocenters. The zero-order valence-corrected chi connectivity index (χ0v) is 10.8. The minimum Gasteiger partial charge on any atom is -0.383 e. The van der Waals surface area contributed by atoms with Gasteiger partial charge < -0.3 is 10.1 Å². The number of hydrogen-bond donors (Lipinski definition) is 1. The van der Waals surface area contributed by atoms with Crippen LogP contribution in [0.15, 0.2) is 18.2 Å². The molecule has 1 unspecified atom stereocenters. The lowest BCUT2D eigenvalue weighted by Crippen LogP contribution is -2.34. The summed E-state index contributed by atoms with van der Waals surface area (Å²) in [6.45, 7) is 2.39. The van der Waals surface area contributed by atoms with Crippen molar-refractivity contribution < 1.29 is 9.53 Å². The highest BCUT2D eigenvalue weighted by Crippen LogP contribution is 2.22. The van der Waals surface area contributed by atoms with E-state index in [0.29, 0.717) is 10.9 Å². The predicted molar refractivity (Wildman–Crippen MR) is 67.8 cm³/mol. The first-order chi connectivity index (χ1) is 7.61. The van der Waals surface area contributed by atoms with E-state index in [0.717, 1.165) is 4.88 Å². The molecule has 1 rings (SSSR count). The molecule has 0 saturated carbocycles. The van der Waals surface area contributed by atoms with Gasteiger partial charge >= 0.3 is 0 Å². The first-order valence-electron chi connectivity index (χ1n) is 4.84. The van der Waals surface area contributed by atoms with Gasteiger partial charge in [-0.05, 0) is 25.1 Å². The molecule has 0 fully saturated rings. The van der Waals surface area contributed by atoms with Gasteiger partial charge in [-0.3, -0.25) is 4.79 Å². The second-order valence-corrected chi connectivity index (χ2v) is 5.09. The van der Waals surface area contributed by atoms with Crippen LogP contribution in [0.4, 0.5) is 0 Å². The third kappa shape index (κ3) is 4.79. The Balaban J connectivity index is 2.42. The molecule has 1 N–H and O–H groups in total. The van der Waals surface area contributed by atoms with Gasteiger partial charge in [-0.25, -0.2) is 0 Å². The van der Waals surface area contributed by atoms with E-state index in [1.54, 1.807) is 19.3 Å². The maximum absolute atomic E-state index is 11.4. The number of amides is 1. The molecule has 16 heavy (non-hydrogen) atoms. The summed E-state index contributed by atoms with van der Waals surface area (Å²) < 4.78 is 5.63. The summed E-state index contributed by atoms with van der Waals surface area (Å²) in [5, 5.41) is 2.78. The lowest BCUT2D eigenvalue weighted by atomic mass is 10.3. The van der Waals surface area contributed by atoms with Crippen molar-refractivity contribution in [2.75, 3.05) is 13.7 Å². The van der Waals surface area contributed by atoms with Gasteiger partial charge in [0.2, 0.25) is 5.91 Å². The first-order valence-corrected chi connectivity index (χ1v) is 6.04. The third-order valence-corrected chi connectivity index (χ3v) is 2.99. The summed E-state index contributed by atoms with van der Waals surface area (Å²) in [5.74, 6) is -0.130. The van der Waals surface area contributed by atoms with Crippen molar-refractivity contribution >= 4 is 34.9 Å². The van der Waals surface area contributed by atoms with E-state index in [4.69, 9.17) is 16.3 Å². The Hall–Kier alpha value is -0.840. The van der Waals surface area contributed by atoms with Crippen molar-refractivity contribution in [3.8, 4) is 0 Å². The molecule has 5 heteroatoms. The summed E-state index contributed by atoms with van der Waals surface area (Å²) in [4.78, 5) is 12.4. The molecule has 3 nitrogen and oxygen atoms in total. The standard InChI is InChI=1S/C11H14ClNO2S/c1-8(7-15-2)13-11(14)6-4-9-3-5-10(12)16-9/h3-6,8H,7H2,1-2H3,(H,13,14)/b6-4+. The number of carbonyl (C=O) groups is 1. The Morgan fingerprint density at radius 2 is 2.44 bits per heavy atom. The van der Waals surface area contributed by atoms with E-state index in [1.165, 1.54) is 17.4 Å². The number of halogens is 1. The van der Waals surface area contributed by atoms with Gasteiger partial charge in [0, 0.05) is 24.1 Å². The highest BCUT2D eigenvalue weighted by atomic mass is 35.5. The number of nitrogens with one attached hydrogen (secondary N) is 1. The molecule has 0 aliphatic heterocycles. The Kier molecular flexibility index (Phi) is 5.52. The summed E-state index contributed by atoms with van der Waals surface area (Å²) >= 11 is 7.20. The van der Waals surface area contributed by atoms with Gasteiger partial charge in [0.15, 0.2) is 0 Å². The van der Waals surface area contributed by atoms with Crippen LogP contribution in [-0.4, -0.2) is 25.7 Å². The molecule has 1 heterocycles. The molecule has 0 aliphatic carbocycles. The quantitative estimate of drug-likeness (QED) is 0.826. The maximum Gasteiger partial charge on any atom is 0.244 e. The van der Waals surface area contributed by atoms with Crippen LogP contribution in [0, 0.1) is 0 Å². The Labute approximate surface area is 104 Å². The molecule has 0 aliphatic rings. The minimum atomic E-state index is -0.130. The van der Waals surface area contributed by atoms with Crippen molar-refractivity contribution in [2.24, 2.45) is 0 Å². The maximum atomic E-state index is 11.4. The van der Waals surface area contributed by atoms with E-state index >= 15 is 0 Å². The predicted octanol–water partition coefficient (Wildman–Crippen LogP) is 2.57. The van der Waals surface area contributed by atoms with E-state index in [1.807, 2.05) is 13.0 Å². The largest absolute Gasteiger partial charge is 0.383 e. The number of ether oxygens (including phenoxy) is 1. The molecule has 1 aromatic heterocycles. The van der Waals surface area contributed by atoms with E-state index in [2.05, 4.69) is 5.32 Å². The zero-order chi connectivity index (χ0) is 12.0.